The summed E-state index contributed by atoms with van der Waals surface area (Å²) in [6.45, 7) is 3.79. The lowest BCUT2D eigenvalue weighted by molar-refractivity contribution is 0.0964. The van der Waals surface area contributed by atoms with Crippen molar-refractivity contribution in [1.82, 2.24) is 0 Å². The van der Waals surface area contributed by atoms with Crippen LogP contribution in [0.1, 0.15) is 27.0 Å². The van der Waals surface area contributed by atoms with Gasteiger partial charge in [-0.1, -0.05) is 17.7 Å². The fourth-order valence-corrected chi connectivity index (χ4v) is 4.31. The van der Waals surface area contributed by atoms with Crippen LogP contribution in [0, 0.1) is 0 Å². The molecule has 2 aliphatic rings. The van der Waals surface area contributed by atoms with Crippen LogP contribution in [0.2, 0.25) is 5.02 Å². The Labute approximate surface area is 143 Å². The summed E-state index contributed by atoms with van der Waals surface area (Å²) in [4.78, 5) is 16.8. The molecule has 120 valence electrons. The molecular weight excluding hydrogens is 334 g/mol. The molecule has 2 aliphatic heterocycles. The van der Waals surface area contributed by atoms with Crippen LogP contribution in [0.5, 0.6) is 5.75 Å². The molecule has 1 atom stereocenters. The molecule has 2 aromatic rings. The number of para-hydroxylation sites is 1. The molecule has 1 amide bonds. The van der Waals surface area contributed by atoms with E-state index in [9.17, 15) is 4.79 Å². The second-order valence-electron chi connectivity index (χ2n) is 5.79. The van der Waals surface area contributed by atoms with Gasteiger partial charge in [-0.05, 0) is 30.7 Å². The van der Waals surface area contributed by atoms with Gasteiger partial charge >= 0.3 is 0 Å². The topological polar surface area (TPSA) is 38.8 Å². The van der Waals surface area contributed by atoms with Gasteiger partial charge in [-0.15, -0.1) is 11.3 Å². The minimum absolute atomic E-state index is 0.00284. The fourth-order valence-electron chi connectivity index (χ4n) is 3.00. The molecule has 0 aliphatic carbocycles. The predicted molar refractivity (Wildman–Crippen MR) is 90.9 cm³/mol. The van der Waals surface area contributed by atoms with Gasteiger partial charge in [-0.2, -0.15) is 0 Å². The molecule has 0 saturated carbocycles. The van der Waals surface area contributed by atoms with E-state index in [4.69, 9.17) is 21.1 Å². The first kappa shape index (κ1) is 15.0. The Morgan fingerprint density at radius 3 is 3.13 bits per heavy atom. The van der Waals surface area contributed by atoms with Crippen LogP contribution in [0.3, 0.4) is 0 Å². The highest BCUT2D eigenvalue weighted by Crippen LogP contribution is 2.40. The zero-order chi connectivity index (χ0) is 16.0. The number of ether oxygens (including phenoxy) is 2. The summed E-state index contributed by atoms with van der Waals surface area (Å²) in [6.07, 6.45) is 0.791. The van der Waals surface area contributed by atoms with Gasteiger partial charge in [0.1, 0.15) is 6.10 Å². The first-order valence-electron chi connectivity index (χ1n) is 7.60. The molecule has 3 heterocycles. The Kier molecular flexibility index (Phi) is 3.79. The van der Waals surface area contributed by atoms with E-state index in [0.717, 1.165) is 29.2 Å². The van der Waals surface area contributed by atoms with Crippen LogP contribution in [-0.2, 0) is 17.8 Å². The lowest BCUT2D eigenvalue weighted by Crippen LogP contribution is -2.42. The second kappa shape index (κ2) is 5.82. The van der Waals surface area contributed by atoms with Crippen LogP contribution >= 0.6 is 22.9 Å². The van der Waals surface area contributed by atoms with Crippen LogP contribution in [-0.4, -0.2) is 25.2 Å². The molecule has 1 aromatic heterocycles. The zero-order valence-electron chi connectivity index (χ0n) is 12.7. The number of nitrogens with zero attached hydrogens (tertiary/aromatic N) is 1. The summed E-state index contributed by atoms with van der Waals surface area (Å²) in [5.74, 6) is 0.592. The summed E-state index contributed by atoms with van der Waals surface area (Å²) in [6, 6.07) is 7.46. The normalized spacial score (nSPS) is 19.7. The number of hydrogen-bond donors (Lipinski definition) is 0. The molecular formula is C17H16ClNO3S. The van der Waals surface area contributed by atoms with Crippen LogP contribution < -0.4 is 9.64 Å². The summed E-state index contributed by atoms with van der Waals surface area (Å²) in [7, 11) is 0. The van der Waals surface area contributed by atoms with E-state index in [2.05, 4.69) is 0 Å². The highest BCUT2D eigenvalue weighted by Gasteiger charge is 2.31. The highest BCUT2D eigenvalue weighted by molar-refractivity contribution is 7.14. The van der Waals surface area contributed by atoms with Crippen molar-refractivity contribution in [1.29, 1.82) is 0 Å². The van der Waals surface area contributed by atoms with Crippen LogP contribution in [0.4, 0.5) is 5.69 Å². The van der Waals surface area contributed by atoms with E-state index in [1.54, 1.807) is 22.3 Å². The van der Waals surface area contributed by atoms with Crippen molar-refractivity contribution in [2.24, 2.45) is 0 Å². The molecule has 0 bridgehead atoms. The van der Waals surface area contributed by atoms with Crippen LogP contribution in [0.25, 0.3) is 0 Å². The maximum absolute atomic E-state index is 13.0. The van der Waals surface area contributed by atoms with Gasteiger partial charge in [0.05, 0.1) is 35.3 Å². The van der Waals surface area contributed by atoms with Gasteiger partial charge in [-0.3, -0.25) is 4.79 Å². The number of hydrogen-bond acceptors (Lipinski definition) is 4. The Morgan fingerprint density at radius 2 is 2.30 bits per heavy atom. The summed E-state index contributed by atoms with van der Waals surface area (Å²) in [5, 5.41) is 0.533. The third-order valence-electron chi connectivity index (χ3n) is 4.08. The molecule has 0 unspecified atom stereocenters. The number of amides is 1. The molecule has 1 aromatic carbocycles. The number of thiophene rings is 1. The Hall–Kier alpha value is -1.56. The number of benzene rings is 1. The van der Waals surface area contributed by atoms with E-state index in [1.807, 2.05) is 25.1 Å². The van der Waals surface area contributed by atoms with Crippen LogP contribution in [0.15, 0.2) is 24.3 Å². The monoisotopic (exact) mass is 349 g/mol. The van der Waals surface area contributed by atoms with Crippen molar-refractivity contribution in [3.05, 3.63) is 44.6 Å². The molecule has 4 nitrogen and oxygen atoms in total. The van der Waals surface area contributed by atoms with E-state index in [1.165, 1.54) is 4.88 Å². The van der Waals surface area contributed by atoms with Gasteiger partial charge in [0.25, 0.3) is 5.91 Å². The molecule has 6 heteroatoms. The maximum atomic E-state index is 13.0. The first-order chi connectivity index (χ1) is 11.1. The Morgan fingerprint density at radius 1 is 1.43 bits per heavy atom. The van der Waals surface area contributed by atoms with Gasteiger partial charge in [0.15, 0.2) is 5.75 Å². The second-order valence-corrected chi connectivity index (χ2v) is 7.34. The van der Waals surface area contributed by atoms with Crippen molar-refractivity contribution in [2.45, 2.75) is 26.1 Å². The summed E-state index contributed by atoms with van der Waals surface area (Å²) in [5.41, 5.74) is 1.88. The third kappa shape index (κ3) is 2.63. The van der Waals surface area contributed by atoms with Gasteiger partial charge in [-0.25, -0.2) is 0 Å². The van der Waals surface area contributed by atoms with Crippen molar-refractivity contribution in [3.63, 3.8) is 0 Å². The summed E-state index contributed by atoms with van der Waals surface area (Å²) >= 11 is 7.80. The van der Waals surface area contributed by atoms with Gasteiger partial charge in [0, 0.05) is 11.3 Å². The fraction of sp³-hybridized carbons (Fsp3) is 0.353. The smallest absolute Gasteiger partial charge is 0.268 e. The van der Waals surface area contributed by atoms with Crippen molar-refractivity contribution in [2.75, 3.05) is 18.1 Å². The van der Waals surface area contributed by atoms with E-state index in [0.29, 0.717) is 23.9 Å². The van der Waals surface area contributed by atoms with Crippen molar-refractivity contribution >= 4 is 34.5 Å². The SMILES string of the molecule is C[C@H]1CN(C(=O)c2cc3c(s2)CCOC3)c2cccc(Cl)c2O1. The van der Waals surface area contributed by atoms with Crippen molar-refractivity contribution < 1.29 is 14.3 Å². The van der Waals surface area contributed by atoms with Crippen molar-refractivity contribution in [3.8, 4) is 5.75 Å². The molecule has 0 spiro atoms. The number of rotatable bonds is 1. The molecule has 23 heavy (non-hydrogen) atoms. The number of anilines is 1. The number of carbonyl (C=O) groups is 1. The number of halogens is 1. The minimum atomic E-state index is -0.0933. The lowest BCUT2D eigenvalue weighted by Gasteiger charge is -2.33. The number of fused-ring (bicyclic) bond motifs is 2. The average Bonchev–Trinajstić information content (AvgIpc) is 2.98. The zero-order valence-corrected chi connectivity index (χ0v) is 14.2. The largest absolute Gasteiger partial charge is 0.485 e. The van der Waals surface area contributed by atoms with E-state index < -0.39 is 0 Å². The molecule has 0 saturated heterocycles. The number of carbonyl (C=O) groups excluding carboxylic acids is 1. The Balaban J connectivity index is 1.71. The van der Waals surface area contributed by atoms with Gasteiger partial charge < -0.3 is 14.4 Å². The molecule has 0 N–H and O–H groups in total. The molecule has 4 rings (SSSR count). The standard InChI is InChI=1S/C17H16ClNO3S/c1-10-8-19(13-4-2-3-12(18)16(13)22-10)17(20)15-7-11-9-21-6-5-14(11)23-15/h2-4,7,10H,5-6,8-9H2,1H3/t10-/m0/s1. The minimum Gasteiger partial charge on any atom is -0.485 e. The molecule has 0 fully saturated rings. The maximum Gasteiger partial charge on any atom is 0.268 e. The molecule has 0 radical (unpaired) electrons. The lowest BCUT2D eigenvalue weighted by atomic mass is 10.1. The average molecular weight is 350 g/mol. The predicted octanol–water partition coefficient (Wildman–Crippen LogP) is 3.90. The summed E-state index contributed by atoms with van der Waals surface area (Å²) < 4.78 is 11.3. The van der Waals surface area contributed by atoms with E-state index in [-0.39, 0.29) is 12.0 Å². The Bertz CT molecular complexity index is 750. The third-order valence-corrected chi connectivity index (χ3v) is 5.60. The quantitative estimate of drug-likeness (QED) is 0.783. The first-order valence-corrected chi connectivity index (χ1v) is 8.79. The highest BCUT2D eigenvalue weighted by atomic mass is 35.5. The van der Waals surface area contributed by atoms with Gasteiger partial charge in [0.2, 0.25) is 0 Å². The van der Waals surface area contributed by atoms with E-state index >= 15 is 0 Å².